The van der Waals surface area contributed by atoms with Crippen LogP contribution in [-0.2, 0) is 13.0 Å². The van der Waals surface area contributed by atoms with Crippen LogP contribution in [0.2, 0.25) is 0 Å². The predicted octanol–water partition coefficient (Wildman–Crippen LogP) is 3.21. The van der Waals surface area contributed by atoms with E-state index in [1.807, 2.05) is 25.5 Å². The third-order valence-corrected chi connectivity index (χ3v) is 4.59. The number of likely N-dealkylation sites (tertiary alicyclic amines) is 1. The molecule has 1 aliphatic heterocycles. The first-order valence-electron chi connectivity index (χ1n) is 8.95. The molecule has 2 aromatic heterocycles. The summed E-state index contributed by atoms with van der Waals surface area (Å²) in [5.41, 5.74) is 2.58. The maximum Gasteiger partial charge on any atom is 0.133 e. The number of nitrogens with one attached hydrogen (secondary N) is 1. The molecule has 24 heavy (non-hydrogen) atoms. The van der Waals surface area contributed by atoms with Gasteiger partial charge in [-0.2, -0.15) is 0 Å². The lowest BCUT2D eigenvalue weighted by molar-refractivity contribution is 0.211. The zero-order chi connectivity index (χ0) is 16.8. The number of hydrogen-bond acceptors (Lipinski definition) is 5. The van der Waals surface area contributed by atoms with E-state index in [4.69, 9.17) is 0 Å². The molecule has 0 spiro atoms. The molecule has 3 heterocycles. The summed E-state index contributed by atoms with van der Waals surface area (Å²) in [5.74, 6) is 1.88. The summed E-state index contributed by atoms with van der Waals surface area (Å²) in [6, 6.07) is 4.71. The third-order valence-electron chi connectivity index (χ3n) is 4.59. The molecule has 1 fully saturated rings. The molecule has 0 atom stereocenters. The Morgan fingerprint density at radius 3 is 2.67 bits per heavy atom. The molecule has 0 radical (unpaired) electrons. The maximum absolute atomic E-state index is 4.63. The van der Waals surface area contributed by atoms with Gasteiger partial charge in [0.1, 0.15) is 11.6 Å². The Balaban J connectivity index is 1.55. The Bertz CT molecular complexity index is 635. The van der Waals surface area contributed by atoms with E-state index in [1.54, 1.807) is 0 Å². The minimum absolute atomic E-state index is 0.503. The van der Waals surface area contributed by atoms with E-state index in [-0.39, 0.29) is 0 Å². The minimum atomic E-state index is 0.503. The molecule has 0 bridgehead atoms. The summed E-state index contributed by atoms with van der Waals surface area (Å²) in [4.78, 5) is 15.6. The second kappa shape index (κ2) is 8.20. The fraction of sp³-hybridized carbons (Fsp3) is 0.526. The molecular formula is C19H27N5. The molecule has 2 aromatic rings. The highest BCUT2D eigenvalue weighted by Gasteiger charge is 2.20. The number of hydrogen-bond donors (Lipinski definition) is 1. The number of nitrogens with zero attached hydrogens (tertiary/aromatic N) is 4. The molecule has 0 aliphatic carbocycles. The molecule has 5 heteroatoms. The van der Waals surface area contributed by atoms with E-state index in [1.165, 1.54) is 11.1 Å². The van der Waals surface area contributed by atoms with E-state index in [2.05, 4.69) is 44.2 Å². The van der Waals surface area contributed by atoms with Crippen LogP contribution < -0.4 is 5.32 Å². The summed E-state index contributed by atoms with van der Waals surface area (Å²) in [6.07, 6.45) is 10.2. The van der Waals surface area contributed by atoms with Gasteiger partial charge >= 0.3 is 0 Å². The largest absolute Gasteiger partial charge is 0.367 e. The van der Waals surface area contributed by atoms with E-state index >= 15 is 0 Å². The SMILES string of the molecule is CCCc1cnc(C)nc1NC1CCN(Cc2ccncc2)CC1. The van der Waals surface area contributed by atoms with Gasteiger partial charge in [-0.3, -0.25) is 9.88 Å². The smallest absolute Gasteiger partial charge is 0.133 e. The Kier molecular flexibility index (Phi) is 5.75. The van der Waals surface area contributed by atoms with Crippen molar-refractivity contribution in [3.8, 4) is 0 Å². The topological polar surface area (TPSA) is 53.9 Å². The number of rotatable bonds is 6. The number of aryl methyl sites for hydroxylation is 2. The summed E-state index contributed by atoms with van der Waals surface area (Å²) in [6.45, 7) is 7.41. The highest BCUT2D eigenvalue weighted by Crippen LogP contribution is 2.20. The standard InChI is InChI=1S/C19H27N5/c1-3-4-17-13-21-15(2)22-19(17)23-18-7-11-24(12-8-18)14-16-5-9-20-10-6-16/h5-6,9-10,13,18H,3-4,7-8,11-12,14H2,1-2H3,(H,21,22,23). The van der Waals surface area contributed by atoms with E-state index in [0.29, 0.717) is 6.04 Å². The predicted molar refractivity (Wildman–Crippen MR) is 96.9 cm³/mol. The van der Waals surface area contributed by atoms with Crippen molar-refractivity contribution >= 4 is 5.82 Å². The average molecular weight is 325 g/mol. The Morgan fingerprint density at radius 2 is 1.96 bits per heavy atom. The van der Waals surface area contributed by atoms with Gasteiger partial charge in [0.2, 0.25) is 0 Å². The second-order valence-electron chi connectivity index (χ2n) is 6.59. The lowest BCUT2D eigenvalue weighted by atomic mass is 10.0. The van der Waals surface area contributed by atoms with Crippen LogP contribution in [0.5, 0.6) is 0 Å². The van der Waals surface area contributed by atoms with Crippen LogP contribution in [0.1, 0.15) is 43.1 Å². The number of aromatic nitrogens is 3. The van der Waals surface area contributed by atoms with Gasteiger partial charge in [0.05, 0.1) is 0 Å². The van der Waals surface area contributed by atoms with Crippen molar-refractivity contribution in [1.29, 1.82) is 0 Å². The van der Waals surface area contributed by atoms with Gasteiger partial charge in [-0.1, -0.05) is 13.3 Å². The average Bonchev–Trinajstić information content (AvgIpc) is 2.60. The van der Waals surface area contributed by atoms with Crippen molar-refractivity contribution < 1.29 is 0 Å². The van der Waals surface area contributed by atoms with Gasteiger partial charge in [0.15, 0.2) is 0 Å². The van der Waals surface area contributed by atoms with E-state index in [0.717, 1.165) is 57.0 Å². The van der Waals surface area contributed by atoms with Crippen molar-refractivity contribution in [2.24, 2.45) is 0 Å². The van der Waals surface area contributed by atoms with Crippen molar-refractivity contribution in [1.82, 2.24) is 19.9 Å². The number of pyridine rings is 1. The highest BCUT2D eigenvalue weighted by atomic mass is 15.1. The van der Waals surface area contributed by atoms with Crippen LogP contribution >= 0.6 is 0 Å². The highest BCUT2D eigenvalue weighted by molar-refractivity contribution is 5.44. The van der Waals surface area contributed by atoms with Crippen LogP contribution in [0.25, 0.3) is 0 Å². The normalized spacial score (nSPS) is 16.2. The summed E-state index contributed by atoms with van der Waals surface area (Å²) in [5, 5.41) is 3.67. The molecule has 128 valence electrons. The van der Waals surface area contributed by atoms with Gasteiger partial charge < -0.3 is 5.32 Å². The van der Waals surface area contributed by atoms with E-state index < -0.39 is 0 Å². The first-order valence-corrected chi connectivity index (χ1v) is 8.95. The molecule has 1 N–H and O–H groups in total. The van der Waals surface area contributed by atoms with Gasteiger partial charge in [-0.25, -0.2) is 9.97 Å². The van der Waals surface area contributed by atoms with Gasteiger partial charge in [0.25, 0.3) is 0 Å². The van der Waals surface area contributed by atoms with Crippen molar-refractivity contribution in [3.63, 3.8) is 0 Å². The summed E-state index contributed by atoms with van der Waals surface area (Å²) >= 11 is 0. The van der Waals surface area contributed by atoms with Crippen molar-refractivity contribution in [2.45, 2.75) is 52.1 Å². The first-order chi connectivity index (χ1) is 11.7. The van der Waals surface area contributed by atoms with Crippen LogP contribution in [-0.4, -0.2) is 39.0 Å². The van der Waals surface area contributed by atoms with Crippen molar-refractivity contribution in [3.05, 3.63) is 47.7 Å². The molecule has 5 nitrogen and oxygen atoms in total. The second-order valence-corrected chi connectivity index (χ2v) is 6.59. The van der Waals surface area contributed by atoms with Gasteiger partial charge in [-0.05, 0) is 43.9 Å². The lowest BCUT2D eigenvalue weighted by Gasteiger charge is -2.33. The minimum Gasteiger partial charge on any atom is -0.367 e. The molecule has 0 aromatic carbocycles. The Morgan fingerprint density at radius 1 is 1.21 bits per heavy atom. The zero-order valence-electron chi connectivity index (χ0n) is 14.7. The molecule has 1 aliphatic rings. The zero-order valence-corrected chi connectivity index (χ0v) is 14.7. The van der Waals surface area contributed by atoms with Gasteiger partial charge in [-0.15, -0.1) is 0 Å². The fourth-order valence-electron chi connectivity index (χ4n) is 3.25. The quantitative estimate of drug-likeness (QED) is 0.884. The summed E-state index contributed by atoms with van der Waals surface area (Å²) < 4.78 is 0. The maximum atomic E-state index is 4.63. The fourth-order valence-corrected chi connectivity index (χ4v) is 3.25. The summed E-state index contributed by atoms with van der Waals surface area (Å²) in [7, 11) is 0. The molecule has 0 amide bonds. The van der Waals surface area contributed by atoms with Crippen molar-refractivity contribution in [2.75, 3.05) is 18.4 Å². The third kappa shape index (κ3) is 4.51. The van der Waals surface area contributed by atoms with Crippen LogP contribution in [0.4, 0.5) is 5.82 Å². The molecule has 0 unspecified atom stereocenters. The lowest BCUT2D eigenvalue weighted by Crippen LogP contribution is -2.39. The molecule has 3 rings (SSSR count). The number of anilines is 1. The van der Waals surface area contributed by atoms with Crippen LogP contribution in [0.15, 0.2) is 30.7 Å². The Hall–Kier alpha value is -2.01. The first kappa shape index (κ1) is 16.8. The molecule has 0 saturated carbocycles. The van der Waals surface area contributed by atoms with Crippen LogP contribution in [0.3, 0.4) is 0 Å². The van der Waals surface area contributed by atoms with Crippen LogP contribution in [0, 0.1) is 6.92 Å². The van der Waals surface area contributed by atoms with Gasteiger partial charge in [0, 0.05) is 49.8 Å². The molecule has 1 saturated heterocycles. The van der Waals surface area contributed by atoms with E-state index in [9.17, 15) is 0 Å². The number of piperidine rings is 1. The monoisotopic (exact) mass is 325 g/mol. The molecular weight excluding hydrogens is 298 g/mol. The Labute approximate surface area is 144 Å².